The molecule has 4 nitrogen and oxygen atoms in total. The third kappa shape index (κ3) is 3.19. The van der Waals surface area contributed by atoms with Crippen molar-refractivity contribution in [2.75, 3.05) is 0 Å². The highest BCUT2D eigenvalue weighted by molar-refractivity contribution is 6.30. The van der Waals surface area contributed by atoms with Crippen LogP contribution in [0.2, 0.25) is 5.02 Å². The van der Waals surface area contributed by atoms with Crippen LogP contribution in [0.5, 0.6) is 0 Å². The Morgan fingerprint density at radius 3 is 2.94 bits per heavy atom. The minimum absolute atomic E-state index is 0.216. The molecule has 0 aliphatic heterocycles. The monoisotopic (exact) mass is 248 g/mol. The Morgan fingerprint density at radius 2 is 2.24 bits per heavy atom. The molecule has 0 saturated heterocycles. The number of benzene rings is 1. The van der Waals surface area contributed by atoms with E-state index in [1.807, 2.05) is 6.07 Å². The molecule has 0 spiro atoms. The molecule has 0 unspecified atom stereocenters. The quantitative estimate of drug-likeness (QED) is 0.671. The molecule has 0 atom stereocenters. The summed E-state index contributed by atoms with van der Waals surface area (Å²) in [6.45, 7) is 0. The topological polar surface area (TPSA) is 54.6 Å². The molecule has 17 heavy (non-hydrogen) atoms. The van der Waals surface area contributed by atoms with E-state index in [1.54, 1.807) is 30.3 Å². The molecule has 1 N–H and O–H groups in total. The van der Waals surface area contributed by atoms with E-state index in [9.17, 15) is 4.79 Å². The van der Waals surface area contributed by atoms with Crippen LogP contribution >= 0.6 is 11.6 Å². The number of hydrogen-bond acceptors (Lipinski definition) is 3. The molecule has 5 heteroatoms. The Bertz CT molecular complexity index is 535. The predicted octanol–water partition coefficient (Wildman–Crippen LogP) is 2.70. The van der Waals surface area contributed by atoms with E-state index in [-0.39, 0.29) is 5.76 Å². The van der Waals surface area contributed by atoms with Crippen LogP contribution < -0.4 is 5.43 Å². The van der Waals surface area contributed by atoms with Crippen LogP contribution in [0.25, 0.3) is 0 Å². The van der Waals surface area contributed by atoms with Gasteiger partial charge in [0.25, 0.3) is 0 Å². The van der Waals surface area contributed by atoms with Gasteiger partial charge in [-0.2, -0.15) is 5.10 Å². The Morgan fingerprint density at radius 1 is 1.35 bits per heavy atom. The summed E-state index contributed by atoms with van der Waals surface area (Å²) in [5, 5.41) is 4.41. The highest BCUT2D eigenvalue weighted by atomic mass is 35.5. The van der Waals surface area contributed by atoms with E-state index in [1.165, 1.54) is 12.5 Å². The average molecular weight is 249 g/mol. The highest BCUT2D eigenvalue weighted by Crippen LogP contribution is 2.08. The molecular formula is C12H9ClN2O2. The summed E-state index contributed by atoms with van der Waals surface area (Å²) in [5.74, 6) is -0.179. The van der Waals surface area contributed by atoms with Gasteiger partial charge in [-0.3, -0.25) is 4.79 Å². The maximum absolute atomic E-state index is 11.4. The van der Waals surface area contributed by atoms with Gasteiger partial charge in [0.2, 0.25) is 0 Å². The lowest BCUT2D eigenvalue weighted by Gasteiger charge is -1.96. The lowest BCUT2D eigenvalue weighted by Crippen LogP contribution is -2.16. The average Bonchev–Trinajstić information content (AvgIpc) is 2.82. The number of carbonyl (C=O) groups is 1. The molecule has 2 rings (SSSR count). The first-order chi connectivity index (χ1) is 8.25. The molecule has 0 aliphatic rings. The second-order valence-electron chi connectivity index (χ2n) is 3.23. The van der Waals surface area contributed by atoms with Gasteiger partial charge in [0.05, 0.1) is 12.5 Å². The van der Waals surface area contributed by atoms with Crippen LogP contribution in [0, 0.1) is 0 Å². The van der Waals surface area contributed by atoms with Gasteiger partial charge in [-0.15, -0.1) is 0 Å². The molecule has 0 aliphatic carbocycles. The van der Waals surface area contributed by atoms with E-state index in [0.717, 1.165) is 5.56 Å². The summed E-state index contributed by atoms with van der Waals surface area (Å²) >= 11 is 5.80. The predicted molar refractivity (Wildman–Crippen MR) is 65.2 cm³/mol. The van der Waals surface area contributed by atoms with E-state index in [4.69, 9.17) is 16.0 Å². The molecule has 0 saturated carbocycles. The molecule has 1 heterocycles. The fraction of sp³-hybridized carbons (Fsp3) is 0. The maximum atomic E-state index is 11.4. The summed E-state index contributed by atoms with van der Waals surface area (Å²) in [6, 6.07) is 10.3. The second kappa shape index (κ2) is 5.32. The standard InChI is InChI=1S/C12H9ClN2O2/c13-10-4-1-3-9(7-10)8-14-15-12(16)11-5-2-6-17-11/h1-8H,(H,15,16)/b14-8+. The van der Waals surface area contributed by atoms with Crippen LogP contribution in [-0.2, 0) is 0 Å². The Balaban J connectivity index is 1.96. The fourth-order valence-corrected chi connectivity index (χ4v) is 1.41. The summed E-state index contributed by atoms with van der Waals surface area (Å²) in [4.78, 5) is 11.4. The maximum Gasteiger partial charge on any atom is 0.307 e. The third-order valence-corrected chi connectivity index (χ3v) is 2.21. The van der Waals surface area contributed by atoms with Crippen molar-refractivity contribution in [2.45, 2.75) is 0 Å². The van der Waals surface area contributed by atoms with E-state index >= 15 is 0 Å². The van der Waals surface area contributed by atoms with Gasteiger partial charge in [-0.25, -0.2) is 5.43 Å². The third-order valence-electron chi connectivity index (χ3n) is 1.97. The number of hydrogen-bond donors (Lipinski definition) is 1. The van der Waals surface area contributed by atoms with Crippen molar-refractivity contribution < 1.29 is 9.21 Å². The number of amides is 1. The minimum atomic E-state index is -0.395. The van der Waals surface area contributed by atoms with Gasteiger partial charge in [-0.1, -0.05) is 23.7 Å². The van der Waals surface area contributed by atoms with Crippen molar-refractivity contribution in [3.8, 4) is 0 Å². The Kier molecular flexibility index (Phi) is 3.57. The summed E-state index contributed by atoms with van der Waals surface area (Å²) < 4.78 is 4.91. The van der Waals surface area contributed by atoms with E-state index < -0.39 is 5.91 Å². The van der Waals surface area contributed by atoms with Crippen LogP contribution in [0.1, 0.15) is 16.1 Å². The van der Waals surface area contributed by atoms with Crippen molar-refractivity contribution in [1.29, 1.82) is 0 Å². The normalized spacial score (nSPS) is 10.6. The SMILES string of the molecule is O=C(N/N=C/c1cccc(Cl)c1)c1ccco1. The van der Waals surface area contributed by atoms with Crippen LogP contribution in [-0.4, -0.2) is 12.1 Å². The number of furan rings is 1. The van der Waals surface area contributed by atoms with Crippen LogP contribution in [0.4, 0.5) is 0 Å². The number of nitrogens with zero attached hydrogens (tertiary/aromatic N) is 1. The zero-order valence-electron chi connectivity index (χ0n) is 8.76. The molecule has 1 amide bonds. The van der Waals surface area contributed by atoms with Crippen molar-refractivity contribution in [3.05, 3.63) is 59.0 Å². The summed E-state index contributed by atoms with van der Waals surface area (Å²) in [6.07, 6.45) is 2.93. The summed E-state index contributed by atoms with van der Waals surface area (Å²) in [5.41, 5.74) is 3.15. The molecule has 86 valence electrons. The largest absolute Gasteiger partial charge is 0.459 e. The zero-order valence-corrected chi connectivity index (χ0v) is 9.52. The molecule has 1 aromatic carbocycles. The van der Waals surface area contributed by atoms with Crippen molar-refractivity contribution in [1.82, 2.24) is 5.43 Å². The lowest BCUT2D eigenvalue weighted by atomic mass is 10.2. The Hall–Kier alpha value is -2.07. The highest BCUT2D eigenvalue weighted by Gasteiger charge is 2.05. The first kappa shape index (κ1) is 11.4. The van der Waals surface area contributed by atoms with Gasteiger partial charge in [-0.05, 0) is 29.8 Å². The molecule has 1 aromatic heterocycles. The molecule has 0 radical (unpaired) electrons. The van der Waals surface area contributed by atoms with Gasteiger partial charge in [0.15, 0.2) is 5.76 Å². The number of hydrazone groups is 1. The number of nitrogens with one attached hydrogen (secondary N) is 1. The van der Waals surface area contributed by atoms with Gasteiger partial charge in [0, 0.05) is 5.02 Å². The van der Waals surface area contributed by atoms with E-state index in [0.29, 0.717) is 5.02 Å². The van der Waals surface area contributed by atoms with Gasteiger partial charge < -0.3 is 4.42 Å². The zero-order chi connectivity index (χ0) is 12.1. The van der Waals surface area contributed by atoms with Gasteiger partial charge in [0.1, 0.15) is 0 Å². The number of carbonyl (C=O) groups excluding carboxylic acids is 1. The Labute approximate surface area is 103 Å². The molecule has 2 aromatic rings. The van der Waals surface area contributed by atoms with Crippen molar-refractivity contribution in [3.63, 3.8) is 0 Å². The fourth-order valence-electron chi connectivity index (χ4n) is 1.22. The number of rotatable bonds is 3. The smallest absolute Gasteiger partial charge is 0.307 e. The molecule has 0 fully saturated rings. The van der Waals surface area contributed by atoms with Crippen LogP contribution in [0.15, 0.2) is 52.2 Å². The minimum Gasteiger partial charge on any atom is -0.459 e. The van der Waals surface area contributed by atoms with E-state index in [2.05, 4.69) is 10.5 Å². The molecular weight excluding hydrogens is 240 g/mol. The number of halogens is 1. The first-order valence-corrected chi connectivity index (χ1v) is 5.26. The second-order valence-corrected chi connectivity index (χ2v) is 3.67. The first-order valence-electron chi connectivity index (χ1n) is 4.88. The molecule has 0 bridgehead atoms. The van der Waals surface area contributed by atoms with Crippen molar-refractivity contribution >= 4 is 23.7 Å². The van der Waals surface area contributed by atoms with Crippen LogP contribution in [0.3, 0.4) is 0 Å². The lowest BCUT2D eigenvalue weighted by molar-refractivity contribution is 0.0927. The van der Waals surface area contributed by atoms with Crippen molar-refractivity contribution in [2.24, 2.45) is 5.10 Å². The van der Waals surface area contributed by atoms with Gasteiger partial charge >= 0.3 is 5.91 Å². The summed E-state index contributed by atoms with van der Waals surface area (Å²) in [7, 11) is 0.